The van der Waals surface area contributed by atoms with Crippen LogP contribution < -0.4 is 19.9 Å². The number of hydrogen-bond donors (Lipinski definition) is 1. The molecule has 0 saturated carbocycles. The molecule has 2 aromatic rings. The number of benzene rings is 2. The monoisotopic (exact) mass is 367 g/mol. The van der Waals surface area contributed by atoms with Crippen molar-refractivity contribution in [2.24, 2.45) is 5.92 Å². The summed E-state index contributed by atoms with van der Waals surface area (Å²) >= 11 is 0. The predicted octanol–water partition coefficient (Wildman–Crippen LogP) is 3.14. The van der Waals surface area contributed by atoms with Crippen LogP contribution in [0.4, 0.5) is 17.1 Å². The summed E-state index contributed by atoms with van der Waals surface area (Å²) in [6, 6.07) is 15.0. The van der Waals surface area contributed by atoms with E-state index in [-0.39, 0.29) is 24.2 Å². The van der Waals surface area contributed by atoms with Gasteiger partial charge in [-0.3, -0.25) is 9.59 Å². The zero-order chi connectivity index (χ0) is 19.4. The summed E-state index contributed by atoms with van der Waals surface area (Å²) in [5.41, 5.74) is 2.59. The molecule has 1 aliphatic heterocycles. The van der Waals surface area contributed by atoms with Crippen molar-refractivity contribution in [3.05, 3.63) is 48.5 Å². The first-order valence-electron chi connectivity index (χ1n) is 9.09. The molecule has 0 aliphatic carbocycles. The van der Waals surface area contributed by atoms with Crippen molar-refractivity contribution in [2.45, 2.75) is 13.3 Å². The molecule has 27 heavy (non-hydrogen) atoms. The third-order valence-corrected chi connectivity index (χ3v) is 4.61. The summed E-state index contributed by atoms with van der Waals surface area (Å²) in [5, 5.41) is 2.89. The molecule has 1 atom stereocenters. The number of hydrogen-bond acceptors (Lipinski definition) is 4. The smallest absolute Gasteiger partial charge is 0.229 e. The third kappa shape index (κ3) is 4.39. The Morgan fingerprint density at radius 2 is 1.81 bits per heavy atom. The van der Waals surface area contributed by atoms with Gasteiger partial charge < -0.3 is 19.9 Å². The van der Waals surface area contributed by atoms with E-state index in [0.29, 0.717) is 18.8 Å². The second-order valence-electron chi connectivity index (χ2n) is 6.76. The minimum absolute atomic E-state index is 0.0283. The molecule has 1 saturated heterocycles. The van der Waals surface area contributed by atoms with E-state index in [0.717, 1.165) is 17.1 Å². The third-order valence-electron chi connectivity index (χ3n) is 4.61. The number of ether oxygens (including phenoxy) is 1. The van der Waals surface area contributed by atoms with Crippen molar-refractivity contribution in [2.75, 3.05) is 42.4 Å². The Morgan fingerprint density at radius 1 is 1.15 bits per heavy atom. The highest BCUT2D eigenvalue weighted by atomic mass is 16.5. The first-order chi connectivity index (χ1) is 13.0. The molecule has 6 nitrogen and oxygen atoms in total. The number of carbonyl (C=O) groups excluding carboxylic acids is 2. The van der Waals surface area contributed by atoms with Gasteiger partial charge in [0.1, 0.15) is 5.75 Å². The summed E-state index contributed by atoms with van der Waals surface area (Å²) in [5.74, 6) is 0.232. The first kappa shape index (κ1) is 18.8. The Morgan fingerprint density at radius 3 is 2.41 bits per heavy atom. The van der Waals surface area contributed by atoms with Gasteiger partial charge in [-0.1, -0.05) is 0 Å². The zero-order valence-electron chi connectivity index (χ0n) is 15.9. The predicted molar refractivity (Wildman–Crippen MR) is 107 cm³/mol. The van der Waals surface area contributed by atoms with Crippen molar-refractivity contribution in [1.29, 1.82) is 0 Å². The summed E-state index contributed by atoms with van der Waals surface area (Å²) in [4.78, 5) is 28.6. The van der Waals surface area contributed by atoms with Gasteiger partial charge in [-0.15, -0.1) is 0 Å². The van der Waals surface area contributed by atoms with Gasteiger partial charge in [0.05, 0.1) is 12.5 Å². The molecule has 2 amide bonds. The molecule has 1 heterocycles. The Labute approximate surface area is 159 Å². The first-order valence-corrected chi connectivity index (χ1v) is 9.09. The number of amides is 2. The number of anilines is 3. The van der Waals surface area contributed by atoms with Crippen LogP contribution in [0.2, 0.25) is 0 Å². The minimum atomic E-state index is -0.363. The van der Waals surface area contributed by atoms with Gasteiger partial charge in [0.25, 0.3) is 0 Å². The standard InChI is InChI=1S/C21H25N3O3/c1-4-27-19-11-5-16(6-12-19)22-21(26)15-13-20(25)24(14-15)18-9-7-17(8-10-18)23(2)3/h5-12,15H,4,13-14H2,1-3H3,(H,22,26). The molecule has 1 N–H and O–H groups in total. The molecule has 1 unspecified atom stereocenters. The summed E-state index contributed by atoms with van der Waals surface area (Å²) in [6.07, 6.45) is 0.221. The van der Waals surface area contributed by atoms with Gasteiger partial charge in [-0.05, 0) is 55.5 Å². The molecular weight excluding hydrogens is 342 g/mol. The molecule has 1 fully saturated rings. The fourth-order valence-corrected chi connectivity index (χ4v) is 3.11. The molecule has 3 rings (SSSR count). The fraction of sp³-hybridized carbons (Fsp3) is 0.333. The second kappa shape index (κ2) is 8.12. The highest BCUT2D eigenvalue weighted by Crippen LogP contribution is 2.28. The molecule has 0 bridgehead atoms. The van der Waals surface area contributed by atoms with E-state index in [1.54, 1.807) is 17.0 Å². The van der Waals surface area contributed by atoms with Crippen molar-refractivity contribution in [3.8, 4) is 5.75 Å². The lowest BCUT2D eigenvalue weighted by atomic mass is 10.1. The van der Waals surface area contributed by atoms with Crippen molar-refractivity contribution in [3.63, 3.8) is 0 Å². The number of nitrogens with one attached hydrogen (secondary N) is 1. The summed E-state index contributed by atoms with van der Waals surface area (Å²) in [7, 11) is 3.94. The van der Waals surface area contributed by atoms with Crippen LogP contribution >= 0.6 is 0 Å². The van der Waals surface area contributed by atoms with Crippen LogP contribution in [-0.2, 0) is 9.59 Å². The van der Waals surface area contributed by atoms with Crippen LogP contribution in [0.3, 0.4) is 0 Å². The zero-order valence-corrected chi connectivity index (χ0v) is 15.9. The molecule has 0 radical (unpaired) electrons. The topological polar surface area (TPSA) is 61.9 Å². The van der Waals surface area contributed by atoms with Crippen LogP contribution in [0.1, 0.15) is 13.3 Å². The van der Waals surface area contributed by atoms with Gasteiger partial charge in [-0.2, -0.15) is 0 Å². The largest absolute Gasteiger partial charge is 0.494 e. The number of nitrogens with zero attached hydrogens (tertiary/aromatic N) is 2. The van der Waals surface area contributed by atoms with E-state index in [4.69, 9.17) is 4.74 Å². The lowest BCUT2D eigenvalue weighted by Gasteiger charge is -2.19. The van der Waals surface area contributed by atoms with Crippen LogP contribution in [0, 0.1) is 5.92 Å². The van der Waals surface area contributed by atoms with Crippen molar-refractivity contribution in [1.82, 2.24) is 0 Å². The molecule has 0 aromatic heterocycles. The molecule has 2 aromatic carbocycles. The lowest BCUT2D eigenvalue weighted by Crippen LogP contribution is -2.28. The van der Waals surface area contributed by atoms with Crippen LogP contribution in [0.5, 0.6) is 5.75 Å². The summed E-state index contributed by atoms with van der Waals surface area (Å²) in [6.45, 7) is 2.91. The van der Waals surface area contributed by atoms with Crippen LogP contribution in [-0.4, -0.2) is 39.1 Å². The van der Waals surface area contributed by atoms with Gasteiger partial charge in [0, 0.05) is 44.1 Å². The van der Waals surface area contributed by atoms with Gasteiger partial charge in [0.15, 0.2) is 0 Å². The van der Waals surface area contributed by atoms with Gasteiger partial charge >= 0.3 is 0 Å². The minimum Gasteiger partial charge on any atom is -0.494 e. The average molecular weight is 367 g/mol. The molecule has 142 valence electrons. The Hall–Kier alpha value is -3.02. The van der Waals surface area contributed by atoms with Crippen LogP contribution in [0.15, 0.2) is 48.5 Å². The van der Waals surface area contributed by atoms with Crippen LogP contribution in [0.25, 0.3) is 0 Å². The number of rotatable bonds is 6. The van der Waals surface area contributed by atoms with Crippen molar-refractivity contribution < 1.29 is 14.3 Å². The maximum Gasteiger partial charge on any atom is 0.229 e. The van der Waals surface area contributed by atoms with E-state index in [2.05, 4.69) is 5.32 Å². The highest BCUT2D eigenvalue weighted by Gasteiger charge is 2.35. The Bertz CT molecular complexity index is 800. The van der Waals surface area contributed by atoms with Gasteiger partial charge in [-0.25, -0.2) is 0 Å². The Balaban J connectivity index is 1.63. The van der Waals surface area contributed by atoms with E-state index >= 15 is 0 Å². The fourth-order valence-electron chi connectivity index (χ4n) is 3.11. The SMILES string of the molecule is CCOc1ccc(NC(=O)C2CC(=O)N(c3ccc(N(C)C)cc3)C2)cc1. The second-order valence-corrected chi connectivity index (χ2v) is 6.76. The Kier molecular flexibility index (Phi) is 5.64. The number of carbonyl (C=O) groups is 2. The van der Waals surface area contributed by atoms with E-state index in [1.165, 1.54) is 0 Å². The average Bonchev–Trinajstić information content (AvgIpc) is 3.05. The van der Waals surface area contributed by atoms with E-state index in [1.807, 2.05) is 62.3 Å². The summed E-state index contributed by atoms with van der Waals surface area (Å²) < 4.78 is 5.40. The lowest BCUT2D eigenvalue weighted by molar-refractivity contribution is -0.122. The van der Waals surface area contributed by atoms with Gasteiger partial charge in [0.2, 0.25) is 11.8 Å². The maximum atomic E-state index is 12.6. The molecule has 6 heteroatoms. The molecule has 1 aliphatic rings. The molecule has 0 spiro atoms. The van der Waals surface area contributed by atoms with Crippen molar-refractivity contribution >= 4 is 28.9 Å². The quantitative estimate of drug-likeness (QED) is 0.852. The normalized spacial score (nSPS) is 16.3. The van der Waals surface area contributed by atoms with E-state index in [9.17, 15) is 9.59 Å². The maximum absolute atomic E-state index is 12.6. The highest BCUT2D eigenvalue weighted by molar-refractivity contribution is 6.03. The molecular formula is C21H25N3O3. The van der Waals surface area contributed by atoms with E-state index < -0.39 is 0 Å².